The van der Waals surface area contributed by atoms with Gasteiger partial charge in [0.25, 0.3) is 0 Å². The van der Waals surface area contributed by atoms with Crippen LogP contribution in [0, 0.1) is 17.8 Å². The SMILES string of the molecule is CC(=O)C1C(c2ccc3c(c2)OCO3)=CC(O)C2CCCCC12. The van der Waals surface area contributed by atoms with Crippen molar-refractivity contribution in [3.8, 4) is 11.5 Å². The lowest BCUT2D eigenvalue weighted by molar-refractivity contribution is -0.122. The number of allylic oxidation sites excluding steroid dienone is 1. The molecular weight excluding hydrogens is 292 g/mol. The number of aliphatic hydroxyl groups excluding tert-OH is 1. The van der Waals surface area contributed by atoms with E-state index in [2.05, 4.69) is 0 Å². The van der Waals surface area contributed by atoms with Crippen LogP contribution in [0.25, 0.3) is 5.57 Å². The first-order valence-electron chi connectivity index (χ1n) is 8.45. The summed E-state index contributed by atoms with van der Waals surface area (Å²) < 4.78 is 10.8. The molecule has 1 aliphatic heterocycles. The van der Waals surface area contributed by atoms with Crippen molar-refractivity contribution in [2.45, 2.75) is 38.7 Å². The van der Waals surface area contributed by atoms with Gasteiger partial charge in [0.1, 0.15) is 5.78 Å². The summed E-state index contributed by atoms with van der Waals surface area (Å²) >= 11 is 0. The molecule has 23 heavy (non-hydrogen) atoms. The summed E-state index contributed by atoms with van der Waals surface area (Å²) in [5.41, 5.74) is 1.91. The van der Waals surface area contributed by atoms with E-state index >= 15 is 0 Å². The van der Waals surface area contributed by atoms with Gasteiger partial charge >= 0.3 is 0 Å². The van der Waals surface area contributed by atoms with E-state index in [0.717, 1.165) is 42.6 Å². The number of ether oxygens (including phenoxy) is 2. The largest absolute Gasteiger partial charge is 0.454 e. The van der Waals surface area contributed by atoms with Crippen LogP contribution in [0.15, 0.2) is 24.3 Å². The average molecular weight is 314 g/mol. The summed E-state index contributed by atoms with van der Waals surface area (Å²) in [4.78, 5) is 12.4. The van der Waals surface area contributed by atoms with Crippen LogP contribution in [0.4, 0.5) is 0 Å². The van der Waals surface area contributed by atoms with Crippen molar-refractivity contribution in [1.82, 2.24) is 0 Å². The van der Waals surface area contributed by atoms with Crippen molar-refractivity contribution in [3.05, 3.63) is 29.8 Å². The lowest BCUT2D eigenvalue weighted by Gasteiger charge is -2.43. The smallest absolute Gasteiger partial charge is 0.231 e. The number of carbonyl (C=O) groups is 1. The molecular formula is C19H22O4. The van der Waals surface area contributed by atoms with Crippen molar-refractivity contribution in [1.29, 1.82) is 0 Å². The van der Waals surface area contributed by atoms with E-state index in [4.69, 9.17) is 9.47 Å². The maximum atomic E-state index is 12.4. The third-order valence-corrected chi connectivity index (χ3v) is 5.57. The highest BCUT2D eigenvalue weighted by Crippen LogP contribution is 2.48. The molecule has 0 spiro atoms. The second-order valence-corrected chi connectivity index (χ2v) is 6.88. The van der Waals surface area contributed by atoms with E-state index in [1.165, 1.54) is 0 Å². The van der Waals surface area contributed by atoms with Crippen LogP contribution in [0.2, 0.25) is 0 Å². The van der Waals surface area contributed by atoms with Gasteiger partial charge in [0, 0.05) is 5.92 Å². The third-order valence-electron chi connectivity index (χ3n) is 5.57. The summed E-state index contributed by atoms with van der Waals surface area (Å²) in [5.74, 6) is 1.99. The first-order chi connectivity index (χ1) is 11.1. The van der Waals surface area contributed by atoms with E-state index in [1.807, 2.05) is 24.3 Å². The lowest BCUT2D eigenvalue weighted by atomic mass is 9.62. The summed E-state index contributed by atoms with van der Waals surface area (Å²) in [6.45, 7) is 1.91. The molecule has 1 aromatic rings. The zero-order valence-corrected chi connectivity index (χ0v) is 13.3. The Bertz CT molecular complexity index is 663. The number of hydrogen-bond acceptors (Lipinski definition) is 4. The predicted octanol–water partition coefficient (Wildman–Crippen LogP) is 3.18. The lowest BCUT2D eigenvalue weighted by Crippen LogP contribution is -2.41. The van der Waals surface area contributed by atoms with Crippen molar-refractivity contribution in [2.24, 2.45) is 17.8 Å². The fourth-order valence-corrected chi connectivity index (χ4v) is 4.54. The van der Waals surface area contributed by atoms with Crippen LogP contribution in [0.3, 0.4) is 0 Å². The molecule has 0 amide bonds. The predicted molar refractivity (Wildman–Crippen MR) is 86.2 cm³/mol. The molecule has 0 aromatic heterocycles. The Morgan fingerprint density at radius 2 is 1.87 bits per heavy atom. The summed E-state index contributed by atoms with van der Waals surface area (Å²) in [6.07, 6.45) is 5.77. The van der Waals surface area contributed by atoms with Crippen LogP contribution in [-0.4, -0.2) is 23.8 Å². The molecule has 1 fully saturated rings. The molecule has 1 saturated carbocycles. The first kappa shape index (κ1) is 14.8. The van der Waals surface area contributed by atoms with Crippen LogP contribution in [-0.2, 0) is 4.79 Å². The zero-order chi connectivity index (χ0) is 16.0. The highest BCUT2D eigenvalue weighted by atomic mass is 16.7. The first-order valence-corrected chi connectivity index (χ1v) is 8.45. The van der Waals surface area contributed by atoms with Gasteiger partial charge in [-0.2, -0.15) is 0 Å². The number of benzene rings is 1. The minimum absolute atomic E-state index is 0.121. The van der Waals surface area contributed by atoms with Gasteiger partial charge < -0.3 is 14.6 Å². The Kier molecular flexibility index (Phi) is 3.64. The van der Waals surface area contributed by atoms with Crippen molar-refractivity contribution < 1.29 is 19.4 Å². The fraction of sp³-hybridized carbons (Fsp3) is 0.526. The zero-order valence-electron chi connectivity index (χ0n) is 13.3. The number of Topliss-reactive ketones (excluding diaryl/α,β-unsaturated/α-hetero) is 1. The molecule has 1 N–H and O–H groups in total. The van der Waals surface area contributed by atoms with E-state index in [-0.39, 0.29) is 30.3 Å². The quantitative estimate of drug-likeness (QED) is 0.911. The normalized spacial score (nSPS) is 32.2. The van der Waals surface area contributed by atoms with Gasteiger partial charge in [-0.3, -0.25) is 4.79 Å². The number of hydrogen-bond donors (Lipinski definition) is 1. The highest BCUT2D eigenvalue weighted by molar-refractivity contribution is 5.93. The van der Waals surface area contributed by atoms with Gasteiger partial charge in [-0.1, -0.05) is 25.0 Å². The number of aliphatic hydroxyl groups is 1. The average Bonchev–Trinajstić information content (AvgIpc) is 3.02. The molecule has 4 rings (SSSR count). The van der Waals surface area contributed by atoms with Gasteiger partial charge in [-0.25, -0.2) is 0 Å². The molecule has 4 nitrogen and oxygen atoms in total. The molecule has 0 saturated heterocycles. The molecule has 3 aliphatic rings. The fourth-order valence-electron chi connectivity index (χ4n) is 4.54. The van der Waals surface area contributed by atoms with Gasteiger partial charge in [-0.05, 0) is 54.9 Å². The number of rotatable bonds is 2. The van der Waals surface area contributed by atoms with Crippen molar-refractivity contribution >= 4 is 11.4 Å². The molecule has 1 heterocycles. The molecule has 4 unspecified atom stereocenters. The summed E-state index contributed by atoms with van der Waals surface area (Å²) in [5, 5.41) is 10.6. The molecule has 0 bridgehead atoms. The Morgan fingerprint density at radius 3 is 2.65 bits per heavy atom. The standard InChI is InChI=1S/C19H22O4/c1-11(20)19-14-5-3-2-4-13(14)16(21)9-15(19)12-6-7-17-18(8-12)23-10-22-17/h6-9,13-14,16,19,21H,2-5,10H2,1H3. The molecule has 4 atom stereocenters. The molecule has 122 valence electrons. The monoisotopic (exact) mass is 314 g/mol. The van der Waals surface area contributed by atoms with Gasteiger partial charge in [0.2, 0.25) is 6.79 Å². The highest BCUT2D eigenvalue weighted by Gasteiger charge is 2.43. The summed E-state index contributed by atoms with van der Waals surface area (Å²) in [6, 6.07) is 5.78. The maximum Gasteiger partial charge on any atom is 0.231 e. The minimum atomic E-state index is -0.462. The van der Waals surface area contributed by atoms with Crippen molar-refractivity contribution in [2.75, 3.05) is 6.79 Å². The number of ketones is 1. The van der Waals surface area contributed by atoms with E-state index in [0.29, 0.717) is 5.75 Å². The molecule has 1 aromatic carbocycles. The second-order valence-electron chi connectivity index (χ2n) is 6.88. The van der Waals surface area contributed by atoms with E-state index < -0.39 is 6.10 Å². The van der Waals surface area contributed by atoms with E-state index in [1.54, 1.807) is 6.92 Å². The topological polar surface area (TPSA) is 55.8 Å². The van der Waals surface area contributed by atoms with Crippen LogP contribution in [0.5, 0.6) is 11.5 Å². The Labute approximate surface area is 136 Å². The third kappa shape index (κ3) is 2.45. The van der Waals surface area contributed by atoms with Gasteiger partial charge in [0.15, 0.2) is 11.5 Å². The summed E-state index contributed by atoms with van der Waals surface area (Å²) in [7, 11) is 0. The minimum Gasteiger partial charge on any atom is -0.454 e. The Balaban J connectivity index is 1.77. The van der Waals surface area contributed by atoms with Gasteiger partial charge in [0.05, 0.1) is 6.10 Å². The van der Waals surface area contributed by atoms with Crippen LogP contribution < -0.4 is 9.47 Å². The van der Waals surface area contributed by atoms with Crippen LogP contribution in [0.1, 0.15) is 38.2 Å². The van der Waals surface area contributed by atoms with Crippen molar-refractivity contribution in [3.63, 3.8) is 0 Å². The number of carbonyl (C=O) groups excluding carboxylic acids is 1. The Morgan fingerprint density at radius 1 is 1.13 bits per heavy atom. The maximum absolute atomic E-state index is 12.4. The van der Waals surface area contributed by atoms with Crippen LogP contribution >= 0.6 is 0 Å². The Hall–Kier alpha value is -1.81. The molecule has 0 radical (unpaired) electrons. The van der Waals surface area contributed by atoms with Gasteiger partial charge in [-0.15, -0.1) is 0 Å². The molecule has 2 aliphatic carbocycles. The van der Waals surface area contributed by atoms with E-state index in [9.17, 15) is 9.90 Å². The second kappa shape index (κ2) is 5.68. The number of fused-ring (bicyclic) bond motifs is 2. The molecule has 4 heteroatoms.